The molecule has 1 heterocycles. The molecular formula is C16H28N4O3. The molecule has 2 fully saturated rings. The topological polar surface area (TPSA) is 105 Å². The van der Waals surface area contributed by atoms with Crippen LogP contribution in [0.3, 0.4) is 0 Å². The van der Waals surface area contributed by atoms with Crippen LogP contribution in [-0.4, -0.2) is 46.9 Å². The highest BCUT2D eigenvalue weighted by atomic mass is 16.2. The van der Waals surface area contributed by atoms with Crippen LogP contribution in [-0.2, 0) is 9.59 Å². The van der Waals surface area contributed by atoms with Crippen LogP contribution in [0, 0.1) is 0 Å². The van der Waals surface area contributed by atoms with Crippen LogP contribution in [0.25, 0.3) is 0 Å². The largest absolute Gasteiger partial charge is 0.353 e. The minimum Gasteiger partial charge on any atom is -0.353 e. The van der Waals surface area contributed by atoms with Crippen molar-refractivity contribution in [3.63, 3.8) is 0 Å². The lowest BCUT2D eigenvalue weighted by molar-refractivity contribution is -0.135. The minimum atomic E-state index is -0.778. The lowest BCUT2D eigenvalue weighted by atomic mass is 9.82. The summed E-state index contributed by atoms with van der Waals surface area (Å²) in [6.07, 6.45) is 5.74. The van der Waals surface area contributed by atoms with E-state index in [1.54, 1.807) is 0 Å². The Morgan fingerprint density at radius 2 is 1.87 bits per heavy atom. The standard InChI is InChI=1S/C16H28N4O3/c1-3-15(17,4-2)11-18-12(21)10-20-13(22)16(19-14(20)23)8-6-5-7-9-16/h3-11,17H2,1-2H3,(H,18,21)(H,19,23). The number of imide groups is 1. The van der Waals surface area contributed by atoms with E-state index in [9.17, 15) is 14.4 Å². The van der Waals surface area contributed by atoms with Crippen molar-refractivity contribution in [1.29, 1.82) is 0 Å². The van der Waals surface area contributed by atoms with Gasteiger partial charge in [0.2, 0.25) is 5.91 Å². The molecule has 7 heteroatoms. The molecule has 0 aromatic heterocycles. The van der Waals surface area contributed by atoms with Gasteiger partial charge < -0.3 is 16.4 Å². The summed E-state index contributed by atoms with van der Waals surface area (Å²) in [5.41, 5.74) is 4.92. The predicted molar refractivity (Wildman–Crippen MR) is 86.6 cm³/mol. The van der Waals surface area contributed by atoms with Crippen molar-refractivity contribution in [2.75, 3.05) is 13.1 Å². The second kappa shape index (κ2) is 6.86. The Morgan fingerprint density at radius 1 is 1.26 bits per heavy atom. The van der Waals surface area contributed by atoms with Gasteiger partial charge in [-0.15, -0.1) is 0 Å². The second-order valence-corrected chi connectivity index (χ2v) is 6.81. The zero-order chi connectivity index (χ0) is 17.1. The molecule has 2 rings (SSSR count). The number of carbonyl (C=O) groups is 3. The third-order valence-electron chi connectivity index (χ3n) is 5.30. The summed E-state index contributed by atoms with van der Waals surface area (Å²) in [7, 11) is 0. The van der Waals surface area contributed by atoms with Crippen LogP contribution in [0.4, 0.5) is 4.79 Å². The van der Waals surface area contributed by atoms with Gasteiger partial charge in [0.1, 0.15) is 12.1 Å². The van der Waals surface area contributed by atoms with Crippen molar-refractivity contribution in [3.8, 4) is 0 Å². The van der Waals surface area contributed by atoms with Gasteiger partial charge in [-0.25, -0.2) is 4.79 Å². The van der Waals surface area contributed by atoms with E-state index in [-0.39, 0.29) is 18.4 Å². The number of rotatable bonds is 6. The molecule has 1 aliphatic heterocycles. The fourth-order valence-electron chi connectivity index (χ4n) is 3.29. The Bertz CT molecular complexity index is 482. The first-order chi connectivity index (χ1) is 10.9. The molecule has 0 unspecified atom stereocenters. The highest BCUT2D eigenvalue weighted by Gasteiger charge is 2.51. The fraction of sp³-hybridized carbons (Fsp3) is 0.812. The average molecular weight is 324 g/mol. The van der Waals surface area contributed by atoms with Crippen molar-refractivity contribution in [3.05, 3.63) is 0 Å². The molecule has 1 spiro atoms. The maximum atomic E-state index is 12.6. The van der Waals surface area contributed by atoms with Gasteiger partial charge in [0.25, 0.3) is 5.91 Å². The normalized spacial score (nSPS) is 20.7. The van der Waals surface area contributed by atoms with E-state index in [1.807, 2.05) is 13.8 Å². The number of nitrogens with one attached hydrogen (secondary N) is 2. The summed E-state index contributed by atoms with van der Waals surface area (Å²) >= 11 is 0. The van der Waals surface area contributed by atoms with E-state index in [0.29, 0.717) is 19.4 Å². The second-order valence-electron chi connectivity index (χ2n) is 6.81. The smallest absolute Gasteiger partial charge is 0.325 e. The molecule has 2 aliphatic rings. The lowest BCUT2D eigenvalue weighted by Crippen LogP contribution is -2.52. The number of hydrogen-bond donors (Lipinski definition) is 3. The van der Waals surface area contributed by atoms with Gasteiger partial charge in [-0.1, -0.05) is 33.1 Å². The molecule has 130 valence electrons. The fourth-order valence-corrected chi connectivity index (χ4v) is 3.29. The molecular weight excluding hydrogens is 296 g/mol. The molecule has 7 nitrogen and oxygen atoms in total. The first-order valence-corrected chi connectivity index (χ1v) is 8.55. The zero-order valence-electron chi connectivity index (χ0n) is 14.1. The Labute approximate surface area is 137 Å². The minimum absolute atomic E-state index is 0.240. The van der Waals surface area contributed by atoms with Crippen LogP contribution in [0.15, 0.2) is 0 Å². The average Bonchev–Trinajstić information content (AvgIpc) is 2.77. The molecule has 1 saturated heterocycles. The van der Waals surface area contributed by atoms with Crippen LogP contribution < -0.4 is 16.4 Å². The summed E-state index contributed by atoms with van der Waals surface area (Å²) in [5.74, 6) is -0.611. The highest BCUT2D eigenvalue weighted by Crippen LogP contribution is 2.33. The molecule has 0 atom stereocenters. The van der Waals surface area contributed by atoms with Crippen LogP contribution in [0.2, 0.25) is 0 Å². The SMILES string of the molecule is CCC(N)(CC)CNC(=O)CN1C(=O)NC2(CCCCC2)C1=O. The number of nitrogens with two attached hydrogens (primary N) is 1. The van der Waals surface area contributed by atoms with E-state index in [4.69, 9.17) is 5.73 Å². The molecule has 0 aromatic rings. The number of nitrogens with zero attached hydrogens (tertiary/aromatic N) is 1. The summed E-state index contributed by atoms with van der Waals surface area (Å²) < 4.78 is 0. The quantitative estimate of drug-likeness (QED) is 0.631. The molecule has 23 heavy (non-hydrogen) atoms. The molecule has 4 N–H and O–H groups in total. The van der Waals surface area contributed by atoms with Gasteiger partial charge in [-0.2, -0.15) is 0 Å². The Hall–Kier alpha value is -1.63. The van der Waals surface area contributed by atoms with Crippen molar-refractivity contribution in [2.24, 2.45) is 5.73 Å². The third kappa shape index (κ3) is 3.65. The van der Waals surface area contributed by atoms with Crippen LogP contribution in [0.1, 0.15) is 58.8 Å². The molecule has 0 aromatic carbocycles. The van der Waals surface area contributed by atoms with Gasteiger partial charge >= 0.3 is 6.03 Å². The molecule has 0 radical (unpaired) electrons. The van der Waals surface area contributed by atoms with E-state index in [2.05, 4.69) is 10.6 Å². The van der Waals surface area contributed by atoms with E-state index < -0.39 is 17.1 Å². The Balaban J connectivity index is 1.93. The zero-order valence-corrected chi connectivity index (χ0v) is 14.1. The van der Waals surface area contributed by atoms with Gasteiger partial charge in [-0.05, 0) is 25.7 Å². The molecule has 4 amide bonds. The van der Waals surface area contributed by atoms with Crippen LogP contribution >= 0.6 is 0 Å². The van der Waals surface area contributed by atoms with Crippen molar-refractivity contribution in [1.82, 2.24) is 15.5 Å². The molecule has 0 bridgehead atoms. The third-order valence-corrected chi connectivity index (χ3v) is 5.30. The van der Waals surface area contributed by atoms with Crippen molar-refractivity contribution in [2.45, 2.75) is 69.9 Å². The summed E-state index contributed by atoms with van der Waals surface area (Å²) in [6, 6.07) is -0.461. The molecule has 1 saturated carbocycles. The van der Waals surface area contributed by atoms with Gasteiger partial charge in [0, 0.05) is 12.1 Å². The first kappa shape index (κ1) is 17.7. The first-order valence-electron chi connectivity index (χ1n) is 8.55. The van der Waals surface area contributed by atoms with Gasteiger partial charge in [0.15, 0.2) is 0 Å². The van der Waals surface area contributed by atoms with Crippen molar-refractivity contribution < 1.29 is 14.4 Å². The number of urea groups is 1. The van der Waals surface area contributed by atoms with Gasteiger partial charge in [-0.3, -0.25) is 14.5 Å². The highest BCUT2D eigenvalue weighted by molar-refractivity contribution is 6.09. The van der Waals surface area contributed by atoms with E-state index in [0.717, 1.165) is 37.0 Å². The predicted octanol–water partition coefficient (Wildman–Crippen LogP) is 0.875. The maximum Gasteiger partial charge on any atom is 0.325 e. The summed E-state index contributed by atoms with van der Waals surface area (Å²) in [4.78, 5) is 37.8. The number of hydrogen-bond acceptors (Lipinski definition) is 4. The van der Waals surface area contributed by atoms with Crippen LogP contribution in [0.5, 0.6) is 0 Å². The van der Waals surface area contributed by atoms with Gasteiger partial charge in [0.05, 0.1) is 0 Å². The lowest BCUT2D eigenvalue weighted by Gasteiger charge is -2.30. The number of amides is 4. The van der Waals surface area contributed by atoms with Crippen molar-refractivity contribution >= 4 is 17.8 Å². The summed E-state index contributed by atoms with van der Waals surface area (Å²) in [5, 5.41) is 5.55. The summed E-state index contributed by atoms with van der Waals surface area (Å²) in [6.45, 7) is 4.05. The molecule has 1 aliphatic carbocycles. The number of carbonyl (C=O) groups excluding carboxylic acids is 3. The Kier molecular flexibility index (Phi) is 5.29. The monoisotopic (exact) mass is 324 g/mol. The maximum absolute atomic E-state index is 12.6. The van der Waals surface area contributed by atoms with E-state index >= 15 is 0 Å². The Morgan fingerprint density at radius 3 is 2.43 bits per heavy atom. The van der Waals surface area contributed by atoms with E-state index in [1.165, 1.54) is 0 Å².